The largest absolute Gasteiger partial charge is 0.447 e. The third-order valence-electron chi connectivity index (χ3n) is 3.45. The summed E-state index contributed by atoms with van der Waals surface area (Å²) in [5, 5.41) is 2.75. The predicted molar refractivity (Wildman–Crippen MR) is 92.9 cm³/mol. The standard InChI is InChI=1S/C19H29NO3/c1-13(2)15-9-7-8-10-16(15)17(21)12-11-14(3)23-18(22)20-19(4,5)6/h7-10,13-14H,11-12H2,1-6H3,(H,20,22)/t14-/m1/s1. The Morgan fingerprint density at radius 2 is 1.74 bits per heavy atom. The number of benzene rings is 1. The normalized spacial score (nSPS) is 12.8. The summed E-state index contributed by atoms with van der Waals surface area (Å²) in [6.07, 6.45) is 0.142. The van der Waals surface area contributed by atoms with Crippen molar-refractivity contribution in [1.29, 1.82) is 0 Å². The Labute approximate surface area is 139 Å². The highest BCUT2D eigenvalue weighted by Crippen LogP contribution is 2.21. The van der Waals surface area contributed by atoms with Gasteiger partial charge in [-0.3, -0.25) is 4.79 Å². The quantitative estimate of drug-likeness (QED) is 0.774. The maximum absolute atomic E-state index is 12.4. The van der Waals surface area contributed by atoms with E-state index in [4.69, 9.17) is 4.74 Å². The van der Waals surface area contributed by atoms with Crippen LogP contribution in [0.2, 0.25) is 0 Å². The van der Waals surface area contributed by atoms with Crippen LogP contribution in [0, 0.1) is 0 Å². The second-order valence-corrected chi connectivity index (χ2v) is 7.29. The molecule has 1 amide bonds. The average molecular weight is 319 g/mol. The van der Waals surface area contributed by atoms with E-state index in [2.05, 4.69) is 19.2 Å². The van der Waals surface area contributed by atoms with Gasteiger partial charge in [-0.15, -0.1) is 0 Å². The smallest absolute Gasteiger partial charge is 0.407 e. The summed E-state index contributed by atoms with van der Waals surface area (Å²) in [4.78, 5) is 24.1. The van der Waals surface area contributed by atoms with Gasteiger partial charge < -0.3 is 10.1 Å². The molecule has 1 aromatic carbocycles. The molecule has 4 heteroatoms. The lowest BCUT2D eigenvalue weighted by atomic mass is 9.93. The molecule has 0 aromatic heterocycles. The number of hydrogen-bond donors (Lipinski definition) is 1. The molecule has 0 heterocycles. The number of carbonyl (C=O) groups is 2. The molecule has 0 saturated carbocycles. The van der Waals surface area contributed by atoms with Crippen LogP contribution in [-0.2, 0) is 4.74 Å². The third-order valence-corrected chi connectivity index (χ3v) is 3.45. The van der Waals surface area contributed by atoms with Crippen molar-refractivity contribution in [3.8, 4) is 0 Å². The Bertz CT molecular complexity index is 544. The minimum absolute atomic E-state index is 0.0981. The number of carbonyl (C=O) groups excluding carboxylic acids is 2. The van der Waals surface area contributed by atoms with Gasteiger partial charge in [0.25, 0.3) is 0 Å². The molecule has 1 rings (SSSR count). The number of rotatable bonds is 6. The van der Waals surface area contributed by atoms with E-state index in [0.29, 0.717) is 18.8 Å². The maximum atomic E-state index is 12.4. The van der Waals surface area contributed by atoms with Crippen molar-refractivity contribution >= 4 is 11.9 Å². The zero-order valence-electron chi connectivity index (χ0n) is 15.1. The van der Waals surface area contributed by atoms with Gasteiger partial charge in [0.2, 0.25) is 0 Å². The van der Waals surface area contributed by atoms with E-state index in [1.165, 1.54) is 0 Å². The van der Waals surface area contributed by atoms with E-state index in [0.717, 1.165) is 11.1 Å². The van der Waals surface area contributed by atoms with Crippen molar-refractivity contribution in [2.45, 2.75) is 71.9 Å². The Hall–Kier alpha value is -1.84. The number of amides is 1. The number of alkyl carbamates (subject to hydrolysis) is 1. The minimum atomic E-state index is -0.444. The van der Waals surface area contributed by atoms with Gasteiger partial charge in [-0.25, -0.2) is 4.79 Å². The molecular weight excluding hydrogens is 290 g/mol. The van der Waals surface area contributed by atoms with Crippen LogP contribution in [0.25, 0.3) is 0 Å². The molecular formula is C19H29NO3. The van der Waals surface area contributed by atoms with Gasteiger partial charge in [0.05, 0.1) is 0 Å². The minimum Gasteiger partial charge on any atom is -0.447 e. The van der Waals surface area contributed by atoms with Gasteiger partial charge in [-0.2, -0.15) is 0 Å². The number of hydrogen-bond acceptors (Lipinski definition) is 3. The first-order valence-corrected chi connectivity index (χ1v) is 8.21. The van der Waals surface area contributed by atoms with E-state index in [1.807, 2.05) is 52.0 Å². The Kier molecular flexibility index (Phi) is 6.79. The van der Waals surface area contributed by atoms with Crippen LogP contribution in [-0.4, -0.2) is 23.5 Å². The highest BCUT2D eigenvalue weighted by Gasteiger charge is 2.18. The first-order valence-electron chi connectivity index (χ1n) is 8.21. The molecule has 0 unspecified atom stereocenters. The Morgan fingerprint density at radius 3 is 2.30 bits per heavy atom. The van der Waals surface area contributed by atoms with Crippen molar-refractivity contribution in [1.82, 2.24) is 5.32 Å². The molecule has 1 atom stereocenters. The average Bonchev–Trinajstić information content (AvgIpc) is 2.42. The summed E-state index contributed by atoms with van der Waals surface area (Å²) in [5.74, 6) is 0.405. The van der Waals surface area contributed by atoms with Crippen LogP contribution < -0.4 is 5.32 Å². The molecule has 0 spiro atoms. The summed E-state index contributed by atoms with van der Waals surface area (Å²) < 4.78 is 5.29. The Morgan fingerprint density at radius 1 is 1.13 bits per heavy atom. The summed E-state index contributed by atoms with van der Waals surface area (Å²) in [6, 6.07) is 7.70. The number of ketones is 1. The van der Waals surface area contributed by atoms with E-state index >= 15 is 0 Å². The summed E-state index contributed by atoms with van der Waals surface area (Å²) >= 11 is 0. The fourth-order valence-electron chi connectivity index (χ4n) is 2.30. The highest BCUT2D eigenvalue weighted by molar-refractivity contribution is 5.97. The second kappa shape index (κ2) is 8.14. The third kappa shape index (κ3) is 6.85. The SMILES string of the molecule is CC(C)c1ccccc1C(=O)CC[C@@H](C)OC(=O)NC(C)(C)C. The number of nitrogens with one attached hydrogen (secondary N) is 1. The molecule has 0 aliphatic rings. The van der Waals surface area contributed by atoms with E-state index in [-0.39, 0.29) is 17.4 Å². The van der Waals surface area contributed by atoms with Crippen molar-refractivity contribution in [2.24, 2.45) is 0 Å². The van der Waals surface area contributed by atoms with Crippen molar-refractivity contribution in [3.63, 3.8) is 0 Å². The van der Waals surface area contributed by atoms with E-state index < -0.39 is 6.09 Å². The lowest BCUT2D eigenvalue weighted by Gasteiger charge is -2.22. The van der Waals surface area contributed by atoms with Crippen LogP contribution in [0.4, 0.5) is 4.79 Å². The van der Waals surface area contributed by atoms with Gasteiger partial charge in [0, 0.05) is 17.5 Å². The van der Waals surface area contributed by atoms with Crippen molar-refractivity contribution < 1.29 is 14.3 Å². The summed E-state index contributed by atoms with van der Waals surface area (Å²) in [7, 11) is 0. The van der Waals surface area contributed by atoms with Gasteiger partial charge in [-0.05, 0) is 45.6 Å². The van der Waals surface area contributed by atoms with E-state index in [9.17, 15) is 9.59 Å². The number of ether oxygens (including phenoxy) is 1. The predicted octanol–water partition coefficient (Wildman–Crippen LogP) is 4.69. The Balaban J connectivity index is 2.55. The van der Waals surface area contributed by atoms with Gasteiger partial charge in [-0.1, -0.05) is 38.1 Å². The molecule has 23 heavy (non-hydrogen) atoms. The summed E-state index contributed by atoms with van der Waals surface area (Å²) in [5.41, 5.74) is 1.51. The molecule has 0 bridgehead atoms. The first kappa shape index (κ1) is 19.2. The molecule has 0 fully saturated rings. The molecule has 0 radical (unpaired) electrons. The molecule has 1 N–H and O–H groups in total. The molecule has 128 valence electrons. The van der Waals surface area contributed by atoms with Crippen LogP contribution in [0.3, 0.4) is 0 Å². The van der Waals surface area contributed by atoms with E-state index in [1.54, 1.807) is 0 Å². The van der Waals surface area contributed by atoms with Crippen molar-refractivity contribution in [2.75, 3.05) is 0 Å². The zero-order chi connectivity index (χ0) is 17.6. The van der Waals surface area contributed by atoms with Crippen LogP contribution in [0.1, 0.15) is 76.2 Å². The molecule has 0 aliphatic heterocycles. The van der Waals surface area contributed by atoms with Crippen molar-refractivity contribution in [3.05, 3.63) is 35.4 Å². The highest BCUT2D eigenvalue weighted by atomic mass is 16.6. The lowest BCUT2D eigenvalue weighted by molar-refractivity contribution is 0.0841. The maximum Gasteiger partial charge on any atom is 0.407 e. The molecule has 4 nitrogen and oxygen atoms in total. The topological polar surface area (TPSA) is 55.4 Å². The van der Waals surface area contributed by atoms with Crippen LogP contribution >= 0.6 is 0 Å². The molecule has 0 saturated heterocycles. The molecule has 0 aliphatic carbocycles. The fourth-order valence-corrected chi connectivity index (χ4v) is 2.30. The zero-order valence-corrected chi connectivity index (χ0v) is 15.1. The van der Waals surface area contributed by atoms with Gasteiger partial charge in [0.1, 0.15) is 6.10 Å². The second-order valence-electron chi connectivity index (χ2n) is 7.29. The van der Waals surface area contributed by atoms with Crippen LogP contribution in [0.15, 0.2) is 24.3 Å². The first-order chi connectivity index (χ1) is 10.6. The fraction of sp³-hybridized carbons (Fsp3) is 0.579. The lowest BCUT2D eigenvalue weighted by Crippen LogP contribution is -2.42. The van der Waals surface area contributed by atoms with Crippen LogP contribution in [0.5, 0.6) is 0 Å². The number of Topliss-reactive ketones (excluding diaryl/α,β-unsaturated/α-hetero) is 1. The summed E-state index contributed by atoms with van der Waals surface area (Å²) in [6.45, 7) is 11.6. The monoisotopic (exact) mass is 319 g/mol. The molecule has 1 aromatic rings. The van der Waals surface area contributed by atoms with Gasteiger partial charge >= 0.3 is 6.09 Å². The van der Waals surface area contributed by atoms with Gasteiger partial charge in [0.15, 0.2) is 5.78 Å².